The van der Waals surface area contributed by atoms with Crippen LogP contribution in [0, 0.1) is 0 Å². The van der Waals surface area contributed by atoms with Crippen LogP contribution in [0.15, 0.2) is 0 Å². The molecule has 2 fully saturated rings. The van der Waals surface area contributed by atoms with Gasteiger partial charge < -0.3 is 0 Å². The first-order valence-corrected chi connectivity index (χ1v) is 7.93. The molecule has 2 heterocycles. The van der Waals surface area contributed by atoms with Gasteiger partial charge in [0, 0.05) is 25.2 Å². The Hall–Kier alpha value is -0.130. The van der Waals surface area contributed by atoms with Crippen molar-refractivity contribution in [3.05, 3.63) is 0 Å². The summed E-state index contributed by atoms with van der Waals surface area (Å²) in [5, 5.41) is 0. The zero-order valence-electron chi connectivity index (χ0n) is 10.2. The number of fused-ring (bicyclic) bond motifs is 1. The second-order valence-electron chi connectivity index (χ2n) is 4.82. The number of piperazine rings is 1. The molecule has 4 nitrogen and oxygen atoms in total. The van der Waals surface area contributed by atoms with Crippen molar-refractivity contribution in [1.82, 2.24) is 9.21 Å². The Balaban J connectivity index is 2.17. The van der Waals surface area contributed by atoms with Gasteiger partial charge in [-0.25, -0.2) is 8.42 Å². The van der Waals surface area contributed by atoms with Gasteiger partial charge >= 0.3 is 0 Å². The molecule has 0 radical (unpaired) electrons. The molecule has 0 aliphatic carbocycles. The number of nitrogens with zero attached hydrogens (tertiary/aromatic N) is 2. The van der Waals surface area contributed by atoms with Crippen molar-refractivity contribution in [2.45, 2.75) is 45.2 Å². The van der Waals surface area contributed by atoms with E-state index in [1.54, 1.807) is 11.2 Å². The molecule has 2 aliphatic rings. The number of hydrogen-bond donors (Lipinski definition) is 0. The highest BCUT2D eigenvalue weighted by atomic mass is 32.2. The Kier molecular flexibility index (Phi) is 3.56. The van der Waals surface area contributed by atoms with Gasteiger partial charge in [-0.2, -0.15) is 4.31 Å². The van der Waals surface area contributed by atoms with E-state index >= 15 is 0 Å². The lowest BCUT2D eigenvalue weighted by Gasteiger charge is -2.42. The minimum absolute atomic E-state index is 0.194. The second-order valence-corrected chi connectivity index (χ2v) is 7.03. The normalized spacial score (nSPS) is 32.9. The molecule has 0 bridgehead atoms. The highest BCUT2D eigenvalue weighted by Gasteiger charge is 2.39. The van der Waals surface area contributed by atoms with Crippen molar-refractivity contribution in [1.29, 1.82) is 0 Å². The summed E-state index contributed by atoms with van der Waals surface area (Å²) < 4.78 is 25.8. The van der Waals surface area contributed by atoms with E-state index in [4.69, 9.17) is 0 Å². The highest BCUT2D eigenvalue weighted by molar-refractivity contribution is 7.89. The van der Waals surface area contributed by atoms with Crippen molar-refractivity contribution in [3.63, 3.8) is 0 Å². The lowest BCUT2D eigenvalue weighted by Crippen LogP contribution is -2.57. The third-order valence-corrected chi connectivity index (χ3v) is 5.83. The number of rotatable bonds is 3. The van der Waals surface area contributed by atoms with Crippen LogP contribution >= 0.6 is 0 Å². The third-order valence-electron chi connectivity index (χ3n) is 3.94. The van der Waals surface area contributed by atoms with Crippen LogP contribution in [0.2, 0.25) is 0 Å². The first-order chi connectivity index (χ1) is 7.58. The molecule has 2 rings (SSSR count). The van der Waals surface area contributed by atoms with Gasteiger partial charge in [0.1, 0.15) is 0 Å². The molecule has 0 unspecified atom stereocenters. The van der Waals surface area contributed by atoms with Crippen LogP contribution in [0.4, 0.5) is 0 Å². The van der Waals surface area contributed by atoms with Crippen LogP contribution < -0.4 is 0 Å². The first kappa shape index (κ1) is 12.3. The van der Waals surface area contributed by atoms with Crippen LogP contribution in [-0.4, -0.2) is 55.1 Å². The highest BCUT2D eigenvalue weighted by Crippen LogP contribution is 2.27. The van der Waals surface area contributed by atoms with Gasteiger partial charge in [0.25, 0.3) is 0 Å². The van der Waals surface area contributed by atoms with Gasteiger partial charge in [-0.15, -0.1) is 0 Å². The van der Waals surface area contributed by atoms with E-state index in [0.717, 1.165) is 25.9 Å². The molecule has 0 aromatic carbocycles. The summed E-state index contributed by atoms with van der Waals surface area (Å²) in [5.41, 5.74) is 0. The first-order valence-electron chi connectivity index (χ1n) is 6.32. The molecule has 2 saturated heterocycles. The van der Waals surface area contributed by atoms with E-state index in [2.05, 4.69) is 11.8 Å². The molecule has 0 N–H and O–H groups in total. The monoisotopic (exact) mass is 246 g/mol. The van der Waals surface area contributed by atoms with Gasteiger partial charge in [-0.3, -0.25) is 4.90 Å². The molecule has 0 aromatic heterocycles. The van der Waals surface area contributed by atoms with Crippen molar-refractivity contribution in [2.75, 3.05) is 25.4 Å². The van der Waals surface area contributed by atoms with E-state index in [1.165, 1.54) is 6.42 Å². The van der Waals surface area contributed by atoms with E-state index in [9.17, 15) is 8.42 Å². The Morgan fingerprint density at radius 3 is 2.62 bits per heavy atom. The molecule has 2 aliphatic heterocycles. The fourth-order valence-electron chi connectivity index (χ4n) is 2.90. The van der Waals surface area contributed by atoms with Gasteiger partial charge in [0.2, 0.25) is 10.0 Å². The van der Waals surface area contributed by atoms with Gasteiger partial charge in [-0.1, -0.05) is 6.92 Å². The summed E-state index contributed by atoms with van der Waals surface area (Å²) >= 11 is 0. The molecule has 5 heteroatoms. The minimum Gasteiger partial charge on any atom is -0.297 e. The minimum atomic E-state index is -3.01. The lowest BCUT2D eigenvalue weighted by molar-refractivity contribution is 0.107. The molecule has 2 atom stereocenters. The molecule has 0 aromatic rings. The van der Waals surface area contributed by atoms with Crippen molar-refractivity contribution < 1.29 is 8.42 Å². The maximum absolute atomic E-state index is 12.0. The van der Waals surface area contributed by atoms with Crippen molar-refractivity contribution in [2.24, 2.45) is 0 Å². The Labute approximate surface area is 98.7 Å². The SMILES string of the molecule is CC[C@H]1CN2CCC[C@H]2CN1S(=O)(=O)CC. The molecule has 0 spiro atoms. The summed E-state index contributed by atoms with van der Waals surface area (Å²) in [6.07, 6.45) is 3.30. The molecule has 0 saturated carbocycles. The van der Waals surface area contributed by atoms with Crippen molar-refractivity contribution >= 4 is 10.0 Å². The summed E-state index contributed by atoms with van der Waals surface area (Å²) in [5.74, 6) is 0.232. The van der Waals surface area contributed by atoms with Gasteiger partial charge in [-0.05, 0) is 32.7 Å². The lowest BCUT2D eigenvalue weighted by atomic mass is 10.1. The van der Waals surface area contributed by atoms with E-state index < -0.39 is 10.0 Å². The zero-order chi connectivity index (χ0) is 11.8. The third kappa shape index (κ3) is 2.13. The standard InChI is InChI=1S/C11H22N2O2S/c1-3-10-8-12-7-5-6-11(12)9-13(10)16(14,15)4-2/h10-11H,3-9H2,1-2H3/t10-,11-/m0/s1. The summed E-state index contributed by atoms with van der Waals surface area (Å²) in [6, 6.07) is 0.670. The number of hydrogen-bond acceptors (Lipinski definition) is 3. The Morgan fingerprint density at radius 1 is 1.25 bits per heavy atom. The van der Waals surface area contributed by atoms with Crippen LogP contribution in [0.3, 0.4) is 0 Å². The smallest absolute Gasteiger partial charge is 0.214 e. The summed E-state index contributed by atoms with van der Waals surface area (Å²) in [7, 11) is -3.01. The predicted molar refractivity (Wildman–Crippen MR) is 64.8 cm³/mol. The maximum atomic E-state index is 12.0. The van der Waals surface area contributed by atoms with Crippen LogP contribution in [0.1, 0.15) is 33.1 Å². The van der Waals surface area contributed by atoms with Crippen LogP contribution in [0.5, 0.6) is 0 Å². The zero-order valence-corrected chi connectivity index (χ0v) is 11.0. The molecule has 0 amide bonds. The number of sulfonamides is 1. The van der Waals surface area contributed by atoms with Crippen molar-refractivity contribution in [3.8, 4) is 0 Å². The Bertz CT molecular complexity index is 342. The van der Waals surface area contributed by atoms with E-state index in [0.29, 0.717) is 12.6 Å². The average Bonchev–Trinajstić information content (AvgIpc) is 2.74. The van der Waals surface area contributed by atoms with E-state index in [-0.39, 0.29) is 11.8 Å². The average molecular weight is 246 g/mol. The maximum Gasteiger partial charge on any atom is 0.214 e. The molecule has 16 heavy (non-hydrogen) atoms. The van der Waals surface area contributed by atoms with Gasteiger partial charge in [0.05, 0.1) is 5.75 Å². The topological polar surface area (TPSA) is 40.6 Å². The van der Waals surface area contributed by atoms with E-state index in [1.807, 2.05) is 0 Å². The predicted octanol–water partition coefficient (Wildman–Crippen LogP) is 0.895. The van der Waals surface area contributed by atoms with Crippen LogP contribution in [-0.2, 0) is 10.0 Å². The fraction of sp³-hybridized carbons (Fsp3) is 1.00. The Morgan fingerprint density at radius 2 is 2.00 bits per heavy atom. The summed E-state index contributed by atoms with van der Waals surface area (Å²) in [4.78, 5) is 2.47. The second kappa shape index (κ2) is 4.63. The molecule has 94 valence electrons. The largest absolute Gasteiger partial charge is 0.297 e. The quantitative estimate of drug-likeness (QED) is 0.743. The van der Waals surface area contributed by atoms with Gasteiger partial charge in [0.15, 0.2) is 0 Å². The molecular weight excluding hydrogens is 224 g/mol. The van der Waals surface area contributed by atoms with Crippen LogP contribution in [0.25, 0.3) is 0 Å². The molecular formula is C11H22N2O2S. The fourth-order valence-corrected chi connectivity index (χ4v) is 4.30. The summed E-state index contributed by atoms with van der Waals surface area (Å²) in [6.45, 7) is 6.62.